The van der Waals surface area contributed by atoms with Crippen molar-refractivity contribution in [1.82, 2.24) is 20.0 Å². The van der Waals surface area contributed by atoms with Crippen molar-refractivity contribution in [2.45, 2.75) is 58.7 Å². The molecule has 0 bridgehead atoms. The standard InChI is InChI=1S/C27H32F2N4O3/c1-18-22(17-32(16-21-11-8-14-35-21)26(34)30-27(2,3)4)25(33(31-18)20-9-6-5-7-10-20)36-24-13-12-19(28)15-23(24)29/h5-7,9-10,12-13,15,21H,8,11,14,16-17H2,1-4H3,(H,30,34)/t21-/m0/s1. The Bertz CT molecular complexity index is 1200. The molecule has 2 heterocycles. The fourth-order valence-corrected chi connectivity index (χ4v) is 4.08. The van der Waals surface area contributed by atoms with Gasteiger partial charge in [-0.3, -0.25) is 0 Å². The van der Waals surface area contributed by atoms with Crippen LogP contribution in [0.2, 0.25) is 0 Å². The van der Waals surface area contributed by atoms with E-state index in [0.29, 0.717) is 30.1 Å². The zero-order valence-electron chi connectivity index (χ0n) is 21.1. The van der Waals surface area contributed by atoms with Crippen LogP contribution in [-0.4, -0.2) is 45.5 Å². The van der Waals surface area contributed by atoms with Crippen molar-refractivity contribution in [3.05, 3.63) is 71.4 Å². The van der Waals surface area contributed by atoms with Crippen LogP contribution in [0.25, 0.3) is 5.69 Å². The Morgan fingerprint density at radius 2 is 1.97 bits per heavy atom. The van der Waals surface area contributed by atoms with E-state index in [1.54, 1.807) is 9.58 Å². The minimum absolute atomic E-state index is 0.0703. The van der Waals surface area contributed by atoms with Crippen molar-refractivity contribution in [3.8, 4) is 17.3 Å². The van der Waals surface area contributed by atoms with Crippen LogP contribution in [0.4, 0.5) is 13.6 Å². The molecule has 1 N–H and O–H groups in total. The molecule has 1 atom stereocenters. The highest BCUT2D eigenvalue weighted by atomic mass is 19.1. The average Bonchev–Trinajstić information content (AvgIpc) is 3.43. The normalized spacial score (nSPS) is 15.7. The van der Waals surface area contributed by atoms with Crippen molar-refractivity contribution in [1.29, 1.82) is 0 Å². The molecule has 4 rings (SSSR count). The van der Waals surface area contributed by atoms with Gasteiger partial charge in [-0.15, -0.1) is 0 Å². The monoisotopic (exact) mass is 498 g/mol. The highest BCUT2D eigenvalue weighted by Gasteiger charge is 2.29. The summed E-state index contributed by atoms with van der Waals surface area (Å²) in [6.07, 6.45) is 1.74. The minimum atomic E-state index is -0.832. The Kier molecular flexibility index (Phi) is 7.59. The van der Waals surface area contributed by atoms with Crippen molar-refractivity contribution in [2.75, 3.05) is 13.2 Å². The fraction of sp³-hybridized carbons (Fsp3) is 0.407. The van der Waals surface area contributed by atoms with Gasteiger partial charge in [0, 0.05) is 24.8 Å². The van der Waals surface area contributed by atoms with Crippen LogP contribution >= 0.6 is 0 Å². The van der Waals surface area contributed by atoms with Crippen LogP contribution < -0.4 is 10.1 Å². The van der Waals surface area contributed by atoms with Gasteiger partial charge in [-0.1, -0.05) is 18.2 Å². The molecule has 0 unspecified atom stereocenters. The molecule has 7 nitrogen and oxygen atoms in total. The van der Waals surface area contributed by atoms with Gasteiger partial charge in [0.25, 0.3) is 0 Å². The Morgan fingerprint density at radius 3 is 2.61 bits per heavy atom. The first-order chi connectivity index (χ1) is 17.1. The molecule has 1 saturated heterocycles. The first-order valence-corrected chi connectivity index (χ1v) is 12.1. The molecule has 1 fully saturated rings. The Balaban J connectivity index is 1.74. The number of nitrogens with one attached hydrogen (secondary N) is 1. The Morgan fingerprint density at radius 1 is 1.22 bits per heavy atom. The maximum atomic E-state index is 14.6. The summed E-state index contributed by atoms with van der Waals surface area (Å²) in [6.45, 7) is 8.79. The molecule has 1 aromatic heterocycles. The van der Waals surface area contributed by atoms with E-state index < -0.39 is 17.2 Å². The lowest BCUT2D eigenvalue weighted by Gasteiger charge is -2.30. The molecule has 36 heavy (non-hydrogen) atoms. The summed E-state index contributed by atoms with van der Waals surface area (Å²) in [5.74, 6) is -1.42. The number of carbonyl (C=O) groups is 1. The number of para-hydroxylation sites is 1. The predicted octanol–water partition coefficient (Wildman–Crippen LogP) is 5.74. The summed E-state index contributed by atoms with van der Waals surface area (Å²) >= 11 is 0. The molecule has 3 aromatic rings. The van der Waals surface area contributed by atoms with Gasteiger partial charge < -0.3 is 19.7 Å². The quantitative estimate of drug-likeness (QED) is 0.451. The zero-order chi connectivity index (χ0) is 25.9. The second kappa shape index (κ2) is 10.7. The van der Waals surface area contributed by atoms with E-state index in [-0.39, 0.29) is 30.3 Å². The highest BCUT2D eigenvalue weighted by molar-refractivity contribution is 5.75. The average molecular weight is 499 g/mol. The van der Waals surface area contributed by atoms with Gasteiger partial charge in [0.1, 0.15) is 5.82 Å². The van der Waals surface area contributed by atoms with Crippen molar-refractivity contribution < 1.29 is 23.0 Å². The minimum Gasteiger partial charge on any atom is -0.435 e. The van der Waals surface area contributed by atoms with Crippen molar-refractivity contribution in [2.24, 2.45) is 0 Å². The molecule has 0 radical (unpaired) electrons. The molecule has 192 valence electrons. The lowest BCUT2D eigenvalue weighted by Crippen LogP contribution is -2.50. The second-order valence-electron chi connectivity index (χ2n) is 9.99. The molecule has 9 heteroatoms. The molecular formula is C27H32F2N4O3. The number of rotatable bonds is 7. The van der Waals surface area contributed by atoms with Crippen LogP contribution in [0.5, 0.6) is 11.6 Å². The third-order valence-corrected chi connectivity index (χ3v) is 5.80. The van der Waals surface area contributed by atoms with Gasteiger partial charge in [0.2, 0.25) is 5.88 Å². The number of hydrogen-bond acceptors (Lipinski definition) is 4. The third kappa shape index (κ3) is 6.20. The van der Waals surface area contributed by atoms with Gasteiger partial charge in [0.05, 0.1) is 29.6 Å². The summed E-state index contributed by atoms with van der Waals surface area (Å²) in [5, 5.41) is 7.67. The van der Waals surface area contributed by atoms with Crippen LogP contribution in [0, 0.1) is 18.6 Å². The maximum absolute atomic E-state index is 14.6. The summed E-state index contributed by atoms with van der Waals surface area (Å²) in [4.78, 5) is 15.0. The molecule has 0 spiro atoms. The molecule has 0 saturated carbocycles. The number of aryl methyl sites for hydroxylation is 1. The first kappa shape index (κ1) is 25.6. The summed E-state index contributed by atoms with van der Waals surface area (Å²) < 4.78 is 41.5. The van der Waals surface area contributed by atoms with Gasteiger partial charge in [-0.05, 0) is 64.8 Å². The van der Waals surface area contributed by atoms with Gasteiger partial charge in [-0.25, -0.2) is 18.3 Å². The molecule has 1 aliphatic heterocycles. The number of carbonyl (C=O) groups excluding carboxylic acids is 1. The number of ether oxygens (including phenoxy) is 2. The summed E-state index contributed by atoms with van der Waals surface area (Å²) in [6, 6.07) is 12.2. The Labute approximate surface area is 210 Å². The predicted molar refractivity (Wildman–Crippen MR) is 132 cm³/mol. The molecular weight excluding hydrogens is 466 g/mol. The molecule has 2 amide bonds. The SMILES string of the molecule is Cc1nn(-c2ccccc2)c(Oc2ccc(F)cc2F)c1CN(C[C@@H]1CCCO1)C(=O)NC(C)(C)C. The maximum Gasteiger partial charge on any atom is 0.318 e. The van der Waals surface area contributed by atoms with E-state index >= 15 is 0 Å². The third-order valence-electron chi connectivity index (χ3n) is 5.80. The topological polar surface area (TPSA) is 68.6 Å². The summed E-state index contributed by atoms with van der Waals surface area (Å²) in [7, 11) is 0. The van der Waals surface area contributed by atoms with Gasteiger partial charge >= 0.3 is 6.03 Å². The zero-order valence-corrected chi connectivity index (χ0v) is 21.1. The van der Waals surface area contributed by atoms with Crippen molar-refractivity contribution in [3.63, 3.8) is 0 Å². The number of hydrogen-bond donors (Lipinski definition) is 1. The molecule has 1 aliphatic rings. The number of nitrogens with zero attached hydrogens (tertiary/aromatic N) is 3. The second-order valence-corrected chi connectivity index (χ2v) is 9.99. The van der Waals surface area contributed by atoms with Crippen LogP contribution in [0.3, 0.4) is 0 Å². The number of benzene rings is 2. The molecule has 0 aliphatic carbocycles. The van der Waals surface area contributed by atoms with Gasteiger partial charge in [-0.2, -0.15) is 5.10 Å². The number of aromatic nitrogens is 2. The lowest BCUT2D eigenvalue weighted by atomic mass is 10.1. The van der Waals surface area contributed by atoms with Crippen LogP contribution in [-0.2, 0) is 11.3 Å². The number of urea groups is 1. The molecule has 2 aromatic carbocycles. The van der Waals surface area contributed by atoms with Crippen molar-refractivity contribution >= 4 is 6.03 Å². The smallest absolute Gasteiger partial charge is 0.318 e. The largest absolute Gasteiger partial charge is 0.435 e. The van der Waals surface area contributed by atoms with Crippen LogP contribution in [0.15, 0.2) is 48.5 Å². The van der Waals surface area contributed by atoms with E-state index in [4.69, 9.17) is 9.47 Å². The van der Waals surface area contributed by atoms with E-state index in [2.05, 4.69) is 10.4 Å². The van der Waals surface area contributed by atoms with Gasteiger partial charge in [0.15, 0.2) is 11.6 Å². The number of amides is 2. The van der Waals surface area contributed by atoms with E-state index in [9.17, 15) is 13.6 Å². The fourth-order valence-electron chi connectivity index (χ4n) is 4.08. The van der Waals surface area contributed by atoms with Crippen LogP contribution in [0.1, 0.15) is 44.9 Å². The highest BCUT2D eigenvalue weighted by Crippen LogP contribution is 2.33. The number of halogens is 2. The first-order valence-electron chi connectivity index (χ1n) is 12.1. The summed E-state index contributed by atoms with van der Waals surface area (Å²) in [5.41, 5.74) is 1.50. The lowest BCUT2D eigenvalue weighted by molar-refractivity contribution is 0.0779. The Hall–Kier alpha value is -3.46. The van der Waals surface area contributed by atoms with E-state index in [1.165, 1.54) is 6.07 Å². The van der Waals surface area contributed by atoms with E-state index in [1.807, 2.05) is 58.0 Å². The van der Waals surface area contributed by atoms with E-state index in [0.717, 1.165) is 25.0 Å².